The molecule has 66 valence electrons. The lowest BCUT2D eigenvalue weighted by Crippen LogP contribution is -1.79. The average Bonchev–Trinajstić information content (AvgIpc) is 2.45. The number of hydrogen-bond acceptors (Lipinski definition) is 2. The van der Waals surface area contributed by atoms with E-state index in [4.69, 9.17) is 11.6 Å². The van der Waals surface area contributed by atoms with E-state index in [0.29, 0.717) is 5.88 Å². The maximum Gasteiger partial charge on any atom is 0.0965 e. The summed E-state index contributed by atoms with van der Waals surface area (Å²) in [5.74, 6) is 0.702. The number of hydrogen-bond donors (Lipinski definition) is 0. The highest BCUT2D eigenvalue weighted by Crippen LogP contribution is 2.09. The molecular weight excluding hydrogens is 190 g/mol. The van der Waals surface area contributed by atoms with Crippen molar-refractivity contribution >= 4 is 22.9 Å². The van der Waals surface area contributed by atoms with E-state index in [1.54, 1.807) is 11.3 Å². The van der Waals surface area contributed by atoms with Gasteiger partial charge in [-0.1, -0.05) is 12.2 Å². The summed E-state index contributed by atoms with van der Waals surface area (Å²) in [4.78, 5) is 4.34. The van der Waals surface area contributed by atoms with Crippen LogP contribution in [0.1, 0.15) is 17.1 Å². The highest BCUT2D eigenvalue weighted by Gasteiger charge is 1.93. The normalized spacial score (nSPS) is 11.2. The molecule has 0 fully saturated rings. The number of halogens is 1. The van der Waals surface area contributed by atoms with E-state index in [9.17, 15) is 0 Å². The van der Waals surface area contributed by atoms with Crippen LogP contribution in [0.25, 0.3) is 0 Å². The minimum Gasteiger partial charge on any atom is -0.246 e. The van der Waals surface area contributed by atoms with Crippen molar-refractivity contribution < 1.29 is 0 Å². The van der Waals surface area contributed by atoms with Crippen molar-refractivity contribution in [3.63, 3.8) is 0 Å². The average molecular weight is 202 g/mol. The fourth-order valence-corrected chi connectivity index (χ4v) is 1.74. The van der Waals surface area contributed by atoms with Crippen molar-refractivity contribution in [2.45, 2.75) is 19.8 Å². The Hall–Kier alpha value is -0.340. The Morgan fingerprint density at radius 2 is 2.42 bits per heavy atom. The number of aryl methyl sites for hydroxylation is 1. The zero-order valence-electron chi connectivity index (χ0n) is 7.09. The molecule has 0 aliphatic heterocycles. The van der Waals surface area contributed by atoms with E-state index in [2.05, 4.69) is 22.5 Å². The Morgan fingerprint density at radius 1 is 1.58 bits per heavy atom. The quantitative estimate of drug-likeness (QED) is 0.539. The van der Waals surface area contributed by atoms with Crippen LogP contribution in [0.15, 0.2) is 17.5 Å². The Bertz CT molecular complexity index is 255. The summed E-state index contributed by atoms with van der Waals surface area (Å²) in [7, 11) is 0. The predicted molar refractivity (Wildman–Crippen MR) is 55.0 cm³/mol. The maximum atomic E-state index is 5.52. The van der Waals surface area contributed by atoms with Crippen molar-refractivity contribution in [3.8, 4) is 0 Å². The van der Waals surface area contributed by atoms with Crippen molar-refractivity contribution in [1.82, 2.24) is 4.98 Å². The molecule has 1 aromatic heterocycles. The first kappa shape index (κ1) is 9.75. The molecule has 0 N–H and O–H groups in total. The fraction of sp³-hybridized carbons (Fsp3) is 0.444. The molecule has 3 heteroatoms. The van der Waals surface area contributed by atoms with Crippen molar-refractivity contribution in [3.05, 3.63) is 28.2 Å². The number of aromatic nitrogens is 1. The standard InChI is InChI=1S/C9H12ClNS/c1-8-7-12-9(11-8)5-3-2-4-6-10/h2-3,7H,4-6H2,1H3. The number of allylic oxidation sites excluding steroid dienone is 2. The molecule has 1 rings (SSSR count). The molecule has 1 heterocycles. The molecule has 12 heavy (non-hydrogen) atoms. The highest BCUT2D eigenvalue weighted by molar-refractivity contribution is 7.09. The van der Waals surface area contributed by atoms with Crippen LogP contribution >= 0.6 is 22.9 Å². The van der Waals surface area contributed by atoms with Crippen LogP contribution in [0.4, 0.5) is 0 Å². The molecular formula is C9H12ClNS. The Balaban J connectivity index is 2.33. The van der Waals surface area contributed by atoms with Gasteiger partial charge in [0.25, 0.3) is 0 Å². The second-order valence-corrected chi connectivity index (χ2v) is 3.86. The largest absolute Gasteiger partial charge is 0.246 e. The smallest absolute Gasteiger partial charge is 0.0965 e. The molecule has 0 atom stereocenters. The van der Waals surface area contributed by atoms with Crippen LogP contribution < -0.4 is 0 Å². The fourth-order valence-electron chi connectivity index (χ4n) is 0.861. The molecule has 0 aliphatic rings. The van der Waals surface area contributed by atoms with Gasteiger partial charge >= 0.3 is 0 Å². The summed E-state index contributed by atoms with van der Waals surface area (Å²) in [6.07, 6.45) is 6.12. The van der Waals surface area contributed by atoms with Gasteiger partial charge in [0.15, 0.2) is 0 Å². The van der Waals surface area contributed by atoms with Crippen molar-refractivity contribution in [2.75, 3.05) is 5.88 Å². The first-order chi connectivity index (χ1) is 5.83. The third kappa shape index (κ3) is 3.37. The van der Waals surface area contributed by atoms with Crippen molar-refractivity contribution in [1.29, 1.82) is 0 Å². The molecule has 1 aromatic rings. The van der Waals surface area contributed by atoms with Crippen LogP contribution in [0.5, 0.6) is 0 Å². The lowest BCUT2D eigenvalue weighted by molar-refractivity contribution is 1.12. The molecule has 0 radical (unpaired) electrons. The second-order valence-electron chi connectivity index (χ2n) is 2.54. The Kier molecular flexibility index (Phi) is 4.33. The van der Waals surface area contributed by atoms with Gasteiger partial charge in [-0.15, -0.1) is 22.9 Å². The van der Waals surface area contributed by atoms with E-state index in [0.717, 1.165) is 18.5 Å². The first-order valence-corrected chi connectivity index (χ1v) is 5.36. The van der Waals surface area contributed by atoms with Gasteiger partial charge in [0.2, 0.25) is 0 Å². The van der Waals surface area contributed by atoms with Crippen LogP contribution in [-0.2, 0) is 6.42 Å². The van der Waals surface area contributed by atoms with E-state index < -0.39 is 0 Å². The monoisotopic (exact) mass is 201 g/mol. The zero-order chi connectivity index (χ0) is 8.81. The van der Waals surface area contributed by atoms with E-state index in [1.807, 2.05) is 6.92 Å². The lowest BCUT2D eigenvalue weighted by Gasteiger charge is -1.86. The Labute approximate surface area is 82.1 Å². The van der Waals surface area contributed by atoms with E-state index >= 15 is 0 Å². The summed E-state index contributed by atoms with van der Waals surface area (Å²) < 4.78 is 0. The van der Waals surface area contributed by atoms with Gasteiger partial charge < -0.3 is 0 Å². The van der Waals surface area contributed by atoms with Gasteiger partial charge in [-0.2, -0.15) is 0 Å². The molecule has 0 saturated carbocycles. The van der Waals surface area contributed by atoms with Gasteiger partial charge in [0.05, 0.1) is 5.01 Å². The second kappa shape index (κ2) is 5.33. The summed E-state index contributed by atoms with van der Waals surface area (Å²) in [5, 5.41) is 3.25. The minimum absolute atomic E-state index is 0.702. The van der Waals surface area contributed by atoms with Gasteiger partial charge in [-0.05, 0) is 13.3 Å². The molecule has 0 amide bonds. The van der Waals surface area contributed by atoms with Gasteiger partial charge in [0.1, 0.15) is 0 Å². The molecule has 0 unspecified atom stereocenters. The summed E-state index contributed by atoms with van der Waals surface area (Å²) in [6, 6.07) is 0. The summed E-state index contributed by atoms with van der Waals surface area (Å²) >= 11 is 7.24. The molecule has 0 aromatic carbocycles. The first-order valence-electron chi connectivity index (χ1n) is 3.95. The number of thiazole rings is 1. The van der Waals surface area contributed by atoms with Crippen LogP contribution in [-0.4, -0.2) is 10.9 Å². The molecule has 0 bridgehead atoms. The molecule has 0 saturated heterocycles. The van der Waals surface area contributed by atoms with Crippen LogP contribution in [0, 0.1) is 6.92 Å². The molecule has 1 nitrogen and oxygen atoms in total. The van der Waals surface area contributed by atoms with Crippen molar-refractivity contribution in [2.24, 2.45) is 0 Å². The molecule has 0 aliphatic carbocycles. The van der Waals surface area contributed by atoms with Crippen LogP contribution in [0.3, 0.4) is 0 Å². The predicted octanol–water partition coefficient (Wildman–Crippen LogP) is 3.18. The maximum absolute atomic E-state index is 5.52. The number of alkyl halides is 1. The third-order valence-corrected chi connectivity index (χ3v) is 2.61. The Morgan fingerprint density at radius 3 is 3.00 bits per heavy atom. The lowest BCUT2D eigenvalue weighted by atomic mass is 10.3. The van der Waals surface area contributed by atoms with Gasteiger partial charge in [-0.25, -0.2) is 4.98 Å². The minimum atomic E-state index is 0.702. The zero-order valence-corrected chi connectivity index (χ0v) is 8.66. The SMILES string of the molecule is Cc1csc(CC=CCCCl)n1. The molecule has 0 spiro atoms. The third-order valence-electron chi connectivity index (χ3n) is 1.40. The number of rotatable bonds is 4. The van der Waals surface area contributed by atoms with E-state index in [-0.39, 0.29) is 0 Å². The highest BCUT2D eigenvalue weighted by atomic mass is 35.5. The number of nitrogens with zero attached hydrogens (tertiary/aromatic N) is 1. The van der Waals surface area contributed by atoms with E-state index in [1.165, 1.54) is 5.01 Å². The topological polar surface area (TPSA) is 12.9 Å². The summed E-state index contributed by atoms with van der Waals surface area (Å²) in [6.45, 7) is 2.02. The summed E-state index contributed by atoms with van der Waals surface area (Å²) in [5.41, 5.74) is 1.11. The van der Waals surface area contributed by atoms with Gasteiger partial charge in [0, 0.05) is 23.4 Å². The van der Waals surface area contributed by atoms with Crippen LogP contribution in [0.2, 0.25) is 0 Å². The van der Waals surface area contributed by atoms with Gasteiger partial charge in [-0.3, -0.25) is 0 Å².